The molecule has 1 aromatic heterocycles. The number of hydrogen-bond donors (Lipinski definition) is 3. The molecule has 1 atom stereocenters. The molecule has 2 aromatic carbocycles. The van der Waals surface area contributed by atoms with Gasteiger partial charge >= 0.3 is 0 Å². The molecule has 0 spiro atoms. The lowest BCUT2D eigenvalue weighted by Crippen LogP contribution is -2.32. The average Bonchev–Trinajstić information content (AvgIpc) is 3.27. The number of ether oxygens (including phenoxy) is 1. The van der Waals surface area contributed by atoms with E-state index >= 15 is 0 Å². The molecule has 0 radical (unpaired) electrons. The number of carbonyl (C=O) groups is 2. The van der Waals surface area contributed by atoms with Gasteiger partial charge in [0.1, 0.15) is 5.75 Å². The lowest BCUT2D eigenvalue weighted by Gasteiger charge is -2.18. The Kier molecular flexibility index (Phi) is 6.63. The van der Waals surface area contributed by atoms with E-state index in [4.69, 9.17) is 4.74 Å². The number of carbonyl (C=O) groups excluding carboxylic acids is 2. The first-order chi connectivity index (χ1) is 14.0. The third kappa shape index (κ3) is 5.68. The van der Waals surface area contributed by atoms with Crippen molar-refractivity contribution in [1.29, 1.82) is 0 Å². The van der Waals surface area contributed by atoms with Crippen LogP contribution in [0.25, 0.3) is 11.3 Å². The van der Waals surface area contributed by atoms with Gasteiger partial charge in [0, 0.05) is 19.7 Å². The summed E-state index contributed by atoms with van der Waals surface area (Å²) in [7, 11) is 1.59. The van der Waals surface area contributed by atoms with Crippen molar-refractivity contribution < 1.29 is 14.3 Å². The Morgan fingerprint density at radius 3 is 2.38 bits per heavy atom. The van der Waals surface area contributed by atoms with Crippen LogP contribution in [-0.2, 0) is 16.1 Å². The van der Waals surface area contributed by atoms with E-state index in [-0.39, 0.29) is 18.2 Å². The Morgan fingerprint density at radius 1 is 1.07 bits per heavy atom. The van der Waals surface area contributed by atoms with Gasteiger partial charge in [-0.2, -0.15) is 5.10 Å². The molecule has 1 heterocycles. The van der Waals surface area contributed by atoms with Crippen LogP contribution in [-0.4, -0.2) is 29.1 Å². The molecule has 3 rings (SSSR count). The maximum absolute atomic E-state index is 12.5. The fourth-order valence-electron chi connectivity index (χ4n) is 3.01. The molecular formula is C22H24N4O3. The molecule has 7 nitrogen and oxygen atoms in total. The van der Waals surface area contributed by atoms with Crippen LogP contribution in [0.1, 0.15) is 30.5 Å². The molecule has 29 heavy (non-hydrogen) atoms. The number of benzene rings is 2. The van der Waals surface area contributed by atoms with E-state index in [1.807, 2.05) is 54.6 Å². The van der Waals surface area contributed by atoms with Crippen molar-refractivity contribution in [2.45, 2.75) is 25.9 Å². The van der Waals surface area contributed by atoms with Crippen molar-refractivity contribution in [3.05, 3.63) is 71.9 Å². The van der Waals surface area contributed by atoms with Crippen LogP contribution >= 0.6 is 0 Å². The van der Waals surface area contributed by atoms with E-state index in [0.29, 0.717) is 6.54 Å². The number of H-pyrrole nitrogens is 1. The van der Waals surface area contributed by atoms with Gasteiger partial charge in [0.25, 0.3) is 0 Å². The Hall–Kier alpha value is -3.61. The van der Waals surface area contributed by atoms with Crippen molar-refractivity contribution in [3.8, 4) is 17.0 Å². The Bertz CT molecular complexity index is 935. The molecule has 0 saturated carbocycles. The highest BCUT2D eigenvalue weighted by molar-refractivity contribution is 5.79. The van der Waals surface area contributed by atoms with Crippen LogP contribution in [0.5, 0.6) is 5.75 Å². The van der Waals surface area contributed by atoms with Crippen molar-refractivity contribution in [2.24, 2.45) is 0 Å². The molecule has 7 heteroatoms. The molecule has 0 fully saturated rings. The molecule has 0 aliphatic carbocycles. The summed E-state index contributed by atoms with van der Waals surface area (Å²) in [4.78, 5) is 24.0. The van der Waals surface area contributed by atoms with E-state index in [9.17, 15) is 9.59 Å². The highest BCUT2D eigenvalue weighted by Crippen LogP contribution is 2.21. The topological polar surface area (TPSA) is 96.1 Å². The minimum atomic E-state index is -0.402. The van der Waals surface area contributed by atoms with Crippen molar-refractivity contribution in [1.82, 2.24) is 20.8 Å². The molecule has 0 saturated heterocycles. The second-order valence-corrected chi connectivity index (χ2v) is 6.67. The molecule has 1 unspecified atom stereocenters. The summed E-state index contributed by atoms with van der Waals surface area (Å²) in [5.74, 6) is 0.392. The maximum Gasteiger partial charge on any atom is 0.222 e. The van der Waals surface area contributed by atoms with Gasteiger partial charge < -0.3 is 15.4 Å². The number of aromatic amines is 1. The SMILES string of the molecule is COc1ccc(C(CC(=O)NCc2ccc(-c3ccn[nH]3)cc2)NC(C)=O)cc1. The number of aromatic nitrogens is 2. The summed E-state index contributed by atoms with van der Waals surface area (Å²) in [6.07, 6.45) is 1.86. The molecule has 3 N–H and O–H groups in total. The normalized spacial score (nSPS) is 11.5. The van der Waals surface area contributed by atoms with Crippen LogP contribution in [0, 0.1) is 0 Å². The average molecular weight is 392 g/mol. The zero-order valence-electron chi connectivity index (χ0n) is 16.4. The largest absolute Gasteiger partial charge is 0.497 e. The highest BCUT2D eigenvalue weighted by atomic mass is 16.5. The van der Waals surface area contributed by atoms with Crippen LogP contribution in [0.2, 0.25) is 0 Å². The van der Waals surface area contributed by atoms with Gasteiger partial charge in [-0.05, 0) is 34.9 Å². The monoisotopic (exact) mass is 392 g/mol. The molecule has 0 aliphatic heterocycles. The van der Waals surface area contributed by atoms with Gasteiger partial charge in [-0.3, -0.25) is 14.7 Å². The first-order valence-corrected chi connectivity index (χ1v) is 9.31. The summed E-state index contributed by atoms with van der Waals surface area (Å²) in [5, 5.41) is 12.6. The fourth-order valence-corrected chi connectivity index (χ4v) is 3.01. The predicted octanol–water partition coefficient (Wildman–Crippen LogP) is 2.97. The molecule has 150 valence electrons. The summed E-state index contributed by atoms with van der Waals surface area (Å²) in [6.45, 7) is 1.85. The van der Waals surface area contributed by atoms with Gasteiger partial charge in [0.2, 0.25) is 11.8 Å². The number of rotatable bonds is 8. The van der Waals surface area contributed by atoms with E-state index in [1.165, 1.54) is 6.92 Å². The summed E-state index contributed by atoms with van der Waals surface area (Å²) in [5.41, 5.74) is 3.81. The first-order valence-electron chi connectivity index (χ1n) is 9.31. The summed E-state index contributed by atoms with van der Waals surface area (Å²) in [6, 6.07) is 16.7. The third-order valence-corrected chi connectivity index (χ3v) is 4.54. The molecule has 3 aromatic rings. The van der Waals surface area contributed by atoms with Crippen molar-refractivity contribution >= 4 is 11.8 Å². The van der Waals surface area contributed by atoms with Crippen molar-refractivity contribution in [2.75, 3.05) is 7.11 Å². The standard InChI is InChI=1S/C22H24N4O3/c1-15(27)25-21(18-7-9-19(29-2)10-8-18)13-22(28)23-14-16-3-5-17(6-4-16)20-11-12-24-26-20/h3-12,21H,13-14H2,1-2H3,(H,23,28)(H,24,26)(H,25,27). The van der Waals surface area contributed by atoms with E-state index < -0.39 is 6.04 Å². The second kappa shape index (κ2) is 9.54. The zero-order chi connectivity index (χ0) is 20.6. The molecule has 0 bridgehead atoms. The van der Waals surface area contributed by atoms with Crippen LogP contribution in [0.4, 0.5) is 0 Å². The Labute approximate surface area is 169 Å². The van der Waals surface area contributed by atoms with E-state index in [0.717, 1.165) is 28.1 Å². The quantitative estimate of drug-likeness (QED) is 0.549. The zero-order valence-corrected chi connectivity index (χ0v) is 16.4. The lowest BCUT2D eigenvalue weighted by atomic mass is 10.0. The second-order valence-electron chi connectivity index (χ2n) is 6.67. The van der Waals surface area contributed by atoms with E-state index in [1.54, 1.807) is 13.3 Å². The van der Waals surface area contributed by atoms with Crippen LogP contribution in [0.15, 0.2) is 60.8 Å². The Balaban J connectivity index is 1.58. The van der Waals surface area contributed by atoms with Gasteiger partial charge in [-0.15, -0.1) is 0 Å². The van der Waals surface area contributed by atoms with Gasteiger partial charge in [-0.25, -0.2) is 0 Å². The number of methoxy groups -OCH3 is 1. The van der Waals surface area contributed by atoms with Gasteiger partial charge in [-0.1, -0.05) is 36.4 Å². The predicted molar refractivity (Wildman–Crippen MR) is 110 cm³/mol. The smallest absolute Gasteiger partial charge is 0.222 e. The molecular weight excluding hydrogens is 368 g/mol. The minimum Gasteiger partial charge on any atom is -0.497 e. The molecule has 0 aliphatic rings. The van der Waals surface area contributed by atoms with E-state index in [2.05, 4.69) is 20.8 Å². The highest BCUT2D eigenvalue weighted by Gasteiger charge is 2.17. The Morgan fingerprint density at radius 2 is 1.79 bits per heavy atom. The van der Waals surface area contributed by atoms with Crippen LogP contribution < -0.4 is 15.4 Å². The number of nitrogens with zero attached hydrogens (tertiary/aromatic N) is 1. The van der Waals surface area contributed by atoms with Gasteiger partial charge in [0.05, 0.1) is 25.3 Å². The number of amides is 2. The third-order valence-electron chi connectivity index (χ3n) is 4.54. The number of nitrogens with one attached hydrogen (secondary N) is 3. The summed E-state index contributed by atoms with van der Waals surface area (Å²) >= 11 is 0. The van der Waals surface area contributed by atoms with Gasteiger partial charge in [0.15, 0.2) is 0 Å². The van der Waals surface area contributed by atoms with Crippen molar-refractivity contribution in [3.63, 3.8) is 0 Å². The lowest BCUT2D eigenvalue weighted by molar-refractivity contribution is -0.122. The molecule has 2 amide bonds. The first kappa shape index (κ1) is 20.1. The summed E-state index contributed by atoms with van der Waals surface area (Å²) < 4.78 is 5.16. The minimum absolute atomic E-state index is 0.141. The fraction of sp³-hybridized carbons (Fsp3) is 0.227. The number of hydrogen-bond acceptors (Lipinski definition) is 4. The van der Waals surface area contributed by atoms with Crippen LogP contribution in [0.3, 0.4) is 0 Å². The maximum atomic E-state index is 12.5.